The molecule has 1 N–H and O–H groups in total. The molecular weight excluding hydrogens is 250 g/mol. The van der Waals surface area contributed by atoms with E-state index < -0.39 is 0 Å². The first-order valence-electron chi connectivity index (χ1n) is 5.31. The number of hydrogen-bond acceptors (Lipinski definition) is 6. The van der Waals surface area contributed by atoms with Crippen LogP contribution in [0.2, 0.25) is 0 Å². The van der Waals surface area contributed by atoms with Crippen LogP contribution in [0.1, 0.15) is 15.4 Å². The molecule has 2 heterocycles. The number of nitrogens with zero attached hydrogens (tertiary/aromatic N) is 4. The van der Waals surface area contributed by atoms with Crippen LogP contribution in [0.5, 0.6) is 0 Å². The first-order chi connectivity index (χ1) is 8.58. The number of amides is 1. The molecule has 0 unspecified atom stereocenters. The molecule has 0 saturated heterocycles. The van der Waals surface area contributed by atoms with Gasteiger partial charge in [-0.15, -0.1) is 10.2 Å². The van der Waals surface area contributed by atoms with E-state index in [1.165, 1.54) is 11.3 Å². The van der Waals surface area contributed by atoms with E-state index in [4.69, 9.17) is 0 Å². The van der Waals surface area contributed by atoms with Gasteiger partial charge in [0.25, 0.3) is 5.91 Å². The van der Waals surface area contributed by atoms with E-state index in [-0.39, 0.29) is 5.91 Å². The number of carbonyl (C=O) groups is 1. The smallest absolute Gasteiger partial charge is 0.261 e. The number of hydrogen-bond donors (Lipinski definition) is 1. The first-order valence-corrected chi connectivity index (χ1v) is 6.13. The molecule has 0 aliphatic rings. The maximum atomic E-state index is 12.1. The van der Waals surface area contributed by atoms with E-state index >= 15 is 0 Å². The summed E-state index contributed by atoms with van der Waals surface area (Å²) in [7, 11) is 3.68. The molecule has 0 fully saturated rings. The Kier molecular flexibility index (Phi) is 3.52. The van der Waals surface area contributed by atoms with Gasteiger partial charge in [-0.1, -0.05) is 11.3 Å². The van der Waals surface area contributed by atoms with E-state index in [1.807, 2.05) is 21.0 Å². The minimum Gasteiger partial charge on any atom is -0.362 e. The maximum absolute atomic E-state index is 12.1. The third-order valence-corrected chi connectivity index (χ3v) is 2.96. The molecule has 0 aliphatic carbocycles. The number of anilines is 2. The van der Waals surface area contributed by atoms with Crippen LogP contribution in [0.25, 0.3) is 0 Å². The minimum absolute atomic E-state index is 0.233. The van der Waals surface area contributed by atoms with Gasteiger partial charge in [0.2, 0.25) is 5.13 Å². The summed E-state index contributed by atoms with van der Waals surface area (Å²) in [6.07, 6.45) is 1.65. The number of carbonyl (C=O) groups excluding carboxylic acids is 1. The summed E-state index contributed by atoms with van der Waals surface area (Å²) in [5.74, 6) is 0.388. The summed E-state index contributed by atoms with van der Waals surface area (Å²) in [5.41, 5.74) is 0.510. The second kappa shape index (κ2) is 5.09. The fourth-order valence-corrected chi connectivity index (χ4v) is 2.03. The number of pyridine rings is 1. The second-order valence-electron chi connectivity index (χ2n) is 3.85. The molecule has 0 spiro atoms. The van der Waals surface area contributed by atoms with Crippen molar-refractivity contribution in [3.63, 3.8) is 0 Å². The van der Waals surface area contributed by atoms with Crippen LogP contribution < -0.4 is 10.2 Å². The topological polar surface area (TPSA) is 71.0 Å². The van der Waals surface area contributed by atoms with Crippen LogP contribution in [0.15, 0.2) is 18.3 Å². The predicted octanol–water partition coefficient (Wildman–Crippen LogP) is 1.56. The van der Waals surface area contributed by atoms with Crippen molar-refractivity contribution >= 4 is 28.2 Å². The fourth-order valence-electron chi connectivity index (χ4n) is 1.44. The number of rotatable bonds is 3. The Morgan fingerprint density at radius 3 is 2.78 bits per heavy atom. The Morgan fingerprint density at radius 2 is 2.17 bits per heavy atom. The Morgan fingerprint density at radius 1 is 1.39 bits per heavy atom. The fraction of sp³-hybridized carbons (Fsp3) is 0.273. The highest BCUT2D eigenvalue weighted by molar-refractivity contribution is 7.15. The Labute approximate surface area is 109 Å². The number of nitrogens with one attached hydrogen (secondary N) is 1. The van der Waals surface area contributed by atoms with Gasteiger partial charge in [-0.25, -0.2) is 4.98 Å². The lowest BCUT2D eigenvalue weighted by molar-refractivity contribution is 0.102. The zero-order valence-electron chi connectivity index (χ0n) is 10.3. The van der Waals surface area contributed by atoms with Crippen molar-refractivity contribution in [1.82, 2.24) is 15.2 Å². The van der Waals surface area contributed by atoms with Gasteiger partial charge in [-0.3, -0.25) is 10.1 Å². The van der Waals surface area contributed by atoms with Crippen LogP contribution in [0.3, 0.4) is 0 Å². The zero-order chi connectivity index (χ0) is 13.1. The van der Waals surface area contributed by atoms with E-state index in [2.05, 4.69) is 20.5 Å². The van der Waals surface area contributed by atoms with Crippen molar-refractivity contribution in [2.45, 2.75) is 6.92 Å². The van der Waals surface area contributed by atoms with E-state index in [0.717, 1.165) is 5.01 Å². The van der Waals surface area contributed by atoms with Crippen molar-refractivity contribution in [2.24, 2.45) is 0 Å². The minimum atomic E-state index is -0.233. The molecule has 1 amide bonds. The van der Waals surface area contributed by atoms with E-state index in [9.17, 15) is 4.79 Å². The summed E-state index contributed by atoms with van der Waals surface area (Å²) in [6, 6.07) is 3.46. The highest BCUT2D eigenvalue weighted by Gasteiger charge is 2.15. The quantitative estimate of drug-likeness (QED) is 0.910. The average Bonchev–Trinajstić information content (AvgIpc) is 2.74. The van der Waals surface area contributed by atoms with Gasteiger partial charge in [-0.2, -0.15) is 0 Å². The van der Waals surface area contributed by atoms with Crippen molar-refractivity contribution in [2.75, 3.05) is 24.3 Å². The lowest BCUT2D eigenvalue weighted by Crippen LogP contribution is -2.19. The summed E-state index contributed by atoms with van der Waals surface area (Å²) in [4.78, 5) is 18.1. The van der Waals surface area contributed by atoms with Crippen LogP contribution in [-0.2, 0) is 0 Å². The van der Waals surface area contributed by atoms with Gasteiger partial charge in [0.1, 0.15) is 10.8 Å². The molecule has 2 aromatic heterocycles. The Bertz CT molecular complexity index is 566. The van der Waals surface area contributed by atoms with Crippen molar-refractivity contribution in [3.8, 4) is 0 Å². The molecule has 2 aromatic rings. The molecule has 18 heavy (non-hydrogen) atoms. The van der Waals surface area contributed by atoms with Crippen molar-refractivity contribution in [3.05, 3.63) is 28.9 Å². The largest absolute Gasteiger partial charge is 0.362 e. The zero-order valence-corrected chi connectivity index (χ0v) is 11.2. The normalized spacial score (nSPS) is 10.2. The molecule has 0 atom stereocenters. The molecule has 0 radical (unpaired) electrons. The monoisotopic (exact) mass is 263 g/mol. The van der Waals surface area contributed by atoms with Crippen LogP contribution in [-0.4, -0.2) is 35.2 Å². The van der Waals surface area contributed by atoms with Crippen LogP contribution in [0, 0.1) is 6.92 Å². The average molecular weight is 263 g/mol. The van der Waals surface area contributed by atoms with Crippen molar-refractivity contribution in [1.29, 1.82) is 0 Å². The van der Waals surface area contributed by atoms with E-state index in [1.54, 1.807) is 23.2 Å². The summed E-state index contributed by atoms with van der Waals surface area (Å²) in [6.45, 7) is 1.84. The van der Waals surface area contributed by atoms with Gasteiger partial charge in [-0.05, 0) is 19.1 Å². The van der Waals surface area contributed by atoms with Crippen molar-refractivity contribution < 1.29 is 4.79 Å². The van der Waals surface area contributed by atoms with Crippen LogP contribution >= 0.6 is 11.3 Å². The summed E-state index contributed by atoms with van der Waals surface area (Å²) in [5, 5.41) is 11.7. The first kappa shape index (κ1) is 12.4. The van der Waals surface area contributed by atoms with Gasteiger partial charge in [0.05, 0.1) is 5.56 Å². The Balaban J connectivity index is 2.24. The molecular formula is C11H13N5OS. The van der Waals surface area contributed by atoms with Crippen LogP contribution in [0.4, 0.5) is 10.9 Å². The lowest BCUT2D eigenvalue weighted by atomic mass is 10.2. The maximum Gasteiger partial charge on any atom is 0.261 e. The molecule has 7 heteroatoms. The molecule has 2 rings (SSSR count). The highest BCUT2D eigenvalue weighted by atomic mass is 32.1. The standard InChI is InChI=1S/C11H13N5OS/c1-7-14-15-11(18-7)13-10(17)8-5-4-6-12-9(8)16(2)3/h4-6H,1-3H3,(H,13,15,17). The van der Waals surface area contributed by atoms with Gasteiger partial charge < -0.3 is 4.90 Å². The molecule has 0 saturated carbocycles. The molecule has 0 aliphatic heterocycles. The summed E-state index contributed by atoms with van der Waals surface area (Å²) >= 11 is 1.34. The number of aromatic nitrogens is 3. The molecule has 94 valence electrons. The third kappa shape index (κ3) is 2.62. The second-order valence-corrected chi connectivity index (χ2v) is 5.03. The third-order valence-electron chi connectivity index (χ3n) is 2.20. The highest BCUT2D eigenvalue weighted by Crippen LogP contribution is 2.18. The molecule has 0 aromatic carbocycles. The molecule has 0 bridgehead atoms. The van der Waals surface area contributed by atoms with Gasteiger partial charge in [0.15, 0.2) is 0 Å². The SMILES string of the molecule is Cc1nnc(NC(=O)c2cccnc2N(C)C)s1. The number of aryl methyl sites for hydroxylation is 1. The Hall–Kier alpha value is -2.02. The van der Waals surface area contributed by atoms with Gasteiger partial charge >= 0.3 is 0 Å². The predicted molar refractivity (Wildman–Crippen MR) is 71.2 cm³/mol. The van der Waals surface area contributed by atoms with Gasteiger partial charge in [0, 0.05) is 20.3 Å². The van der Waals surface area contributed by atoms with E-state index in [0.29, 0.717) is 16.5 Å². The summed E-state index contributed by atoms with van der Waals surface area (Å²) < 4.78 is 0. The molecule has 6 nitrogen and oxygen atoms in total. The lowest BCUT2D eigenvalue weighted by Gasteiger charge is -2.14.